The van der Waals surface area contributed by atoms with Crippen molar-refractivity contribution in [3.8, 4) is 11.5 Å². The molecule has 0 heterocycles. The van der Waals surface area contributed by atoms with E-state index in [2.05, 4.69) is 0 Å². The summed E-state index contributed by atoms with van der Waals surface area (Å²) in [6.07, 6.45) is 0. The van der Waals surface area contributed by atoms with Gasteiger partial charge in [-0.05, 0) is 57.3 Å². The number of hydrogen-bond donors (Lipinski definition) is 0. The summed E-state index contributed by atoms with van der Waals surface area (Å²) in [6, 6.07) is 8.92. The Morgan fingerprint density at radius 2 is 1.22 bits per heavy atom. The van der Waals surface area contributed by atoms with E-state index in [4.69, 9.17) is 9.47 Å². The van der Waals surface area contributed by atoms with Gasteiger partial charge in [-0.2, -0.15) is 0 Å². The summed E-state index contributed by atoms with van der Waals surface area (Å²) >= 11 is 3.64. The lowest BCUT2D eigenvalue weighted by Crippen LogP contribution is -2.08. The molecule has 0 aliphatic rings. The summed E-state index contributed by atoms with van der Waals surface area (Å²) in [6.45, 7) is -0.228. The highest BCUT2D eigenvalue weighted by molar-refractivity contribution is 14.1. The van der Waals surface area contributed by atoms with Crippen LogP contribution >= 0.6 is 45.2 Å². The van der Waals surface area contributed by atoms with Gasteiger partial charge in [0.2, 0.25) is 6.79 Å². The number of benzene rings is 2. The molecule has 120 valence electrons. The summed E-state index contributed by atoms with van der Waals surface area (Å²) in [5.41, 5.74) is -0.124. The van der Waals surface area contributed by atoms with Crippen LogP contribution in [0.25, 0.3) is 0 Å². The Morgan fingerprint density at radius 1 is 0.826 bits per heavy atom. The van der Waals surface area contributed by atoms with Gasteiger partial charge < -0.3 is 9.47 Å². The van der Waals surface area contributed by atoms with Crippen LogP contribution in [0.1, 0.15) is 0 Å². The molecule has 0 fully saturated rings. The molecule has 0 spiro atoms. The van der Waals surface area contributed by atoms with Crippen molar-refractivity contribution >= 4 is 56.6 Å². The third-order valence-electron chi connectivity index (χ3n) is 2.71. The molecule has 0 aliphatic carbocycles. The first-order chi connectivity index (χ1) is 10.9. The molecule has 2 rings (SSSR count). The van der Waals surface area contributed by atoms with E-state index in [1.165, 1.54) is 24.3 Å². The number of rotatable bonds is 6. The molecule has 0 saturated carbocycles. The Kier molecular flexibility index (Phi) is 5.92. The monoisotopic (exact) mass is 542 g/mol. The predicted octanol–water partition coefficient (Wildman–Crippen LogP) is 4.13. The summed E-state index contributed by atoms with van der Waals surface area (Å²) < 4.78 is 11.5. The molecular formula is C13H8I2N2O6. The fourth-order valence-corrected chi connectivity index (χ4v) is 3.08. The van der Waals surface area contributed by atoms with Crippen LogP contribution in [-0.2, 0) is 0 Å². The maximum absolute atomic E-state index is 10.9. The Morgan fingerprint density at radius 3 is 1.57 bits per heavy atom. The van der Waals surface area contributed by atoms with E-state index in [1.807, 2.05) is 45.2 Å². The molecule has 0 saturated heterocycles. The van der Waals surface area contributed by atoms with Crippen molar-refractivity contribution in [2.45, 2.75) is 0 Å². The summed E-state index contributed by atoms with van der Waals surface area (Å²) in [4.78, 5) is 20.7. The molecule has 0 aromatic heterocycles. The van der Waals surface area contributed by atoms with Crippen LogP contribution in [-0.4, -0.2) is 16.6 Å². The van der Waals surface area contributed by atoms with Crippen LogP contribution in [0.5, 0.6) is 11.5 Å². The van der Waals surface area contributed by atoms with Crippen molar-refractivity contribution in [2.75, 3.05) is 6.79 Å². The van der Waals surface area contributed by atoms with Crippen molar-refractivity contribution in [3.63, 3.8) is 0 Å². The van der Waals surface area contributed by atoms with Gasteiger partial charge in [0.25, 0.3) is 11.4 Å². The Balaban J connectivity index is 2.09. The minimum Gasteiger partial charge on any atom is -0.456 e. The van der Waals surface area contributed by atoms with Gasteiger partial charge in [-0.25, -0.2) is 0 Å². The Bertz CT molecular complexity index is 705. The number of nitro benzene ring substituents is 2. The highest BCUT2D eigenvalue weighted by Crippen LogP contribution is 2.31. The van der Waals surface area contributed by atoms with Gasteiger partial charge in [0.15, 0.2) is 0 Å². The van der Waals surface area contributed by atoms with E-state index in [1.54, 1.807) is 12.1 Å². The minimum atomic E-state index is -0.501. The average Bonchev–Trinajstić information content (AvgIpc) is 2.50. The van der Waals surface area contributed by atoms with Gasteiger partial charge in [-0.3, -0.25) is 20.2 Å². The molecule has 23 heavy (non-hydrogen) atoms. The number of nitrogens with zero attached hydrogens (tertiary/aromatic N) is 2. The van der Waals surface area contributed by atoms with E-state index in [9.17, 15) is 20.2 Å². The highest BCUT2D eigenvalue weighted by atomic mass is 127. The molecule has 8 nitrogen and oxygen atoms in total. The lowest BCUT2D eigenvalue weighted by Gasteiger charge is -2.11. The first-order valence-corrected chi connectivity index (χ1v) is 8.19. The molecule has 2 aromatic carbocycles. The second-order valence-electron chi connectivity index (χ2n) is 4.10. The molecule has 0 atom stereocenters. The number of nitro groups is 2. The molecule has 0 bridgehead atoms. The van der Waals surface area contributed by atoms with Gasteiger partial charge >= 0.3 is 0 Å². The van der Waals surface area contributed by atoms with Crippen molar-refractivity contribution < 1.29 is 19.3 Å². The normalized spacial score (nSPS) is 10.2. The quantitative estimate of drug-likeness (QED) is 0.236. The van der Waals surface area contributed by atoms with Gasteiger partial charge in [-0.1, -0.05) is 12.1 Å². The van der Waals surface area contributed by atoms with Crippen LogP contribution in [0.15, 0.2) is 36.4 Å². The number of hydrogen-bond acceptors (Lipinski definition) is 6. The third kappa shape index (κ3) is 4.19. The number of halogens is 2. The summed E-state index contributed by atoms with van der Waals surface area (Å²) in [7, 11) is 0. The summed E-state index contributed by atoms with van der Waals surface area (Å²) in [5, 5.41) is 21.7. The zero-order valence-electron chi connectivity index (χ0n) is 11.3. The lowest BCUT2D eigenvalue weighted by atomic mass is 10.3. The van der Waals surface area contributed by atoms with Gasteiger partial charge in [0.05, 0.1) is 9.85 Å². The van der Waals surface area contributed by atoms with Crippen molar-refractivity contribution in [1.82, 2.24) is 0 Å². The SMILES string of the molecule is O=[N+]([O-])c1cccc(OCOc2cccc([N+](=O)[O-])c2I)c1I. The van der Waals surface area contributed by atoms with E-state index >= 15 is 0 Å². The van der Waals surface area contributed by atoms with Crippen LogP contribution in [0.4, 0.5) is 11.4 Å². The molecular weight excluding hydrogens is 534 g/mol. The lowest BCUT2D eigenvalue weighted by molar-refractivity contribution is -0.386. The minimum absolute atomic E-state index is 0.0620. The zero-order valence-corrected chi connectivity index (χ0v) is 15.6. The molecule has 10 heteroatoms. The second kappa shape index (κ2) is 7.72. The first-order valence-electron chi connectivity index (χ1n) is 6.03. The van der Waals surface area contributed by atoms with E-state index in [0.29, 0.717) is 18.6 Å². The van der Waals surface area contributed by atoms with Crippen LogP contribution in [0.3, 0.4) is 0 Å². The van der Waals surface area contributed by atoms with Gasteiger partial charge in [-0.15, -0.1) is 0 Å². The average molecular weight is 542 g/mol. The Labute approximate surface area is 157 Å². The smallest absolute Gasteiger partial charge is 0.286 e. The predicted molar refractivity (Wildman–Crippen MR) is 97.7 cm³/mol. The van der Waals surface area contributed by atoms with Crippen molar-refractivity contribution in [2.24, 2.45) is 0 Å². The fourth-order valence-electron chi connectivity index (χ4n) is 1.66. The fraction of sp³-hybridized carbons (Fsp3) is 0.0769. The Hall–Kier alpha value is -1.70. The van der Waals surface area contributed by atoms with E-state index in [-0.39, 0.29) is 18.2 Å². The van der Waals surface area contributed by atoms with Gasteiger partial charge in [0.1, 0.15) is 18.6 Å². The largest absolute Gasteiger partial charge is 0.456 e. The maximum atomic E-state index is 10.9. The zero-order chi connectivity index (χ0) is 17.0. The van der Waals surface area contributed by atoms with Crippen LogP contribution in [0.2, 0.25) is 0 Å². The molecule has 0 amide bonds. The third-order valence-corrected chi connectivity index (χ3v) is 4.88. The maximum Gasteiger partial charge on any atom is 0.286 e. The topological polar surface area (TPSA) is 105 Å². The number of ether oxygens (including phenoxy) is 2. The van der Waals surface area contributed by atoms with Crippen molar-refractivity contribution in [3.05, 3.63) is 63.8 Å². The molecule has 0 unspecified atom stereocenters. The van der Waals surface area contributed by atoms with Crippen molar-refractivity contribution in [1.29, 1.82) is 0 Å². The van der Waals surface area contributed by atoms with E-state index < -0.39 is 9.85 Å². The van der Waals surface area contributed by atoms with Gasteiger partial charge in [0, 0.05) is 12.1 Å². The van der Waals surface area contributed by atoms with Crippen LogP contribution < -0.4 is 9.47 Å². The molecule has 2 aromatic rings. The standard InChI is InChI=1S/C13H8I2N2O6/c14-12-8(16(18)19)3-1-5-10(12)22-7-23-11-6-2-4-9(13(11)15)17(20)21/h1-6H,7H2. The highest BCUT2D eigenvalue weighted by Gasteiger charge is 2.17. The second-order valence-corrected chi connectivity index (χ2v) is 6.26. The molecule has 0 radical (unpaired) electrons. The van der Waals surface area contributed by atoms with E-state index in [0.717, 1.165) is 0 Å². The molecule has 0 aliphatic heterocycles. The first kappa shape index (κ1) is 17.7. The molecule has 0 N–H and O–H groups in total. The summed E-state index contributed by atoms with van der Waals surface area (Å²) in [5.74, 6) is 0.612. The van der Waals surface area contributed by atoms with Crippen LogP contribution in [0, 0.1) is 27.4 Å².